The van der Waals surface area contributed by atoms with Crippen molar-refractivity contribution in [1.29, 1.82) is 5.26 Å². The molecule has 1 aromatic heterocycles. The average molecular weight is 298 g/mol. The first-order valence-electron chi connectivity index (χ1n) is 7.42. The molecule has 0 N–H and O–H groups in total. The van der Waals surface area contributed by atoms with E-state index in [-0.39, 0.29) is 0 Å². The van der Waals surface area contributed by atoms with Crippen LogP contribution in [0.3, 0.4) is 0 Å². The first-order valence-corrected chi connectivity index (χ1v) is 8.24. The van der Waals surface area contributed by atoms with Crippen LogP contribution in [-0.2, 0) is 12.8 Å². The van der Waals surface area contributed by atoms with E-state index in [1.807, 2.05) is 18.2 Å². The molecule has 0 bridgehead atoms. The van der Waals surface area contributed by atoms with Crippen molar-refractivity contribution in [1.82, 2.24) is 4.98 Å². The number of nitrogens with zero attached hydrogens (tertiary/aromatic N) is 2. The molecular weight excluding hydrogens is 280 g/mol. The minimum absolute atomic E-state index is 0.534. The molecule has 0 atom stereocenters. The van der Waals surface area contributed by atoms with Gasteiger partial charge in [-0.05, 0) is 30.9 Å². The van der Waals surface area contributed by atoms with Gasteiger partial charge in [-0.3, -0.25) is 0 Å². The van der Waals surface area contributed by atoms with Crippen molar-refractivity contribution in [2.45, 2.75) is 38.5 Å². The molecule has 0 aliphatic heterocycles. The predicted octanol–water partition coefficient (Wildman–Crippen LogP) is 4.08. The summed E-state index contributed by atoms with van der Waals surface area (Å²) in [5.41, 5.74) is 2.25. The highest BCUT2D eigenvalue weighted by Gasteiger charge is 2.29. The topological polar surface area (TPSA) is 45.9 Å². The van der Waals surface area contributed by atoms with Gasteiger partial charge in [0, 0.05) is 12.3 Å². The van der Waals surface area contributed by atoms with Gasteiger partial charge in [-0.1, -0.05) is 25.1 Å². The number of benzene rings is 1. The summed E-state index contributed by atoms with van der Waals surface area (Å²) in [6.07, 6.45) is 4.10. The Morgan fingerprint density at radius 2 is 2.19 bits per heavy atom. The first-order chi connectivity index (χ1) is 10.3. The van der Waals surface area contributed by atoms with E-state index in [1.54, 1.807) is 0 Å². The molecule has 1 heterocycles. The lowest BCUT2D eigenvalue weighted by molar-refractivity contribution is 0.318. The van der Waals surface area contributed by atoms with Gasteiger partial charge in [-0.15, -0.1) is 11.3 Å². The van der Waals surface area contributed by atoms with Crippen LogP contribution in [0, 0.1) is 11.3 Å². The number of ether oxygens (including phenoxy) is 1. The summed E-state index contributed by atoms with van der Waals surface area (Å²) in [5, 5.41) is 10.2. The summed E-state index contributed by atoms with van der Waals surface area (Å²) >= 11 is 1.52. The number of para-hydroxylation sites is 1. The maximum Gasteiger partial charge on any atom is 0.128 e. The summed E-state index contributed by atoms with van der Waals surface area (Å²) < 4.78 is 5.87. The molecule has 1 fully saturated rings. The maximum absolute atomic E-state index is 9.17. The Hall–Kier alpha value is -1.86. The number of hydrogen-bond donors (Lipinski definition) is 0. The van der Waals surface area contributed by atoms with Gasteiger partial charge < -0.3 is 4.74 Å². The second-order valence-corrected chi connectivity index (χ2v) is 6.35. The van der Waals surface area contributed by atoms with Gasteiger partial charge in [0.25, 0.3) is 0 Å². The molecule has 1 aliphatic carbocycles. The fourth-order valence-corrected chi connectivity index (χ4v) is 3.31. The highest BCUT2D eigenvalue weighted by atomic mass is 32.1. The van der Waals surface area contributed by atoms with Crippen molar-refractivity contribution >= 4 is 11.3 Å². The van der Waals surface area contributed by atoms with Crippen LogP contribution >= 0.6 is 11.3 Å². The lowest BCUT2D eigenvalue weighted by Crippen LogP contribution is -2.03. The minimum Gasteiger partial charge on any atom is -0.493 e. The molecule has 3 rings (SSSR count). The number of aromatic nitrogens is 1. The normalized spacial score (nSPS) is 13.9. The number of thiazole rings is 1. The lowest BCUT2D eigenvalue weighted by atomic mass is 10.1. The third-order valence-electron chi connectivity index (χ3n) is 3.69. The van der Waals surface area contributed by atoms with Crippen molar-refractivity contribution < 1.29 is 4.74 Å². The Morgan fingerprint density at radius 3 is 2.90 bits per heavy atom. The fraction of sp³-hybridized carbons (Fsp3) is 0.412. The van der Waals surface area contributed by atoms with Gasteiger partial charge >= 0.3 is 0 Å². The minimum atomic E-state index is 0.534. The number of aryl methyl sites for hydroxylation is 1. The van der Waals surface area contributed by atoms with E-state index in [2.05, 4.69) is 24.0 Å². The number of nitriles is 1. The molecule has 1 aliphatic rings. The van der Waals surface area contributed by atoms with E-state index in [4.69, 9.17) is 10.00 Å². The standard InChI is InChI=1S/C17H18N2OS/c1-2-12-5-3-4-6-14(12)20-10-9-16-19-17(13-7-8-13)15(11-18)21-16/h3-6,13H,2,7-10H2,1H3. The van der Waals surface area contributed by atoms with E-state index in [1.165, 1.54) is 29.7 Å². The molecular formula is C17H18N2OS. The van der Waals surface area contributed by atoms with Crippen LogP contribution in [0.5, 0.6) is 5.75 Å². The molecule has 0 unspecified atom stereocenters. The molecule has 0 radical (unpaired) electrons. The van der Waals surface area contributed by atoms with Gasteiger partial charge in [0.2, 0.25) is 0 Å². The Bertz CT molecular complexity index is 668. The van der Waals surface area contributed by atoms with Crippen molar-refractivity contribution in [2.24, 2.45) is 0 Å². The maximum atomic E-state index is 9.17. The van der Waals surface area contributed by atoms with Crippen LogP contribution in [0.1, 0.15) is 46.8 Å². The van der Waals surface area contributed by atoms with Gasteiger partial charge in [0.15, 0.2) is 0 Å². The predicted molar refractivity (Wildman–Crippen MR) is 83.8 cm³/mol. The monoisotopic (exact) mass is 298 g/mol. The molecule has 1 saturated carbocycles. The zero-order valence-corrected chi connectivity index (χ0v) is 12.9. The Balaban J connectivity index is 1.62. The summed E-state index contributed by atoms with van der Waals surface area (Å²) in [6.45, 7) is 2.74. The molecule has 0 spiro atoms. The molecule has 0 saturated heterocycles. The summed E-state index contributed by atoms with van der Waals surface area (Å²) in [4.78, 5) is 5.43. The Labute approximate surface area is 129 Å². The quantitative estimate of drug-likeness (QED) is 0.807. The third-order valence-corrected chi connectivity index (χ3v) is 4.73. The SMILES string of the molecule is CCc1ccccc1OCCc1nc(C2CC2)c(C#N)s1. The molecule has 108 valence electrons. The zero-order chi connectivity index (χ0) is 14.7. The van der Waals surface area contributed by atoms with Crippen molar-refractivity contribution in [2.75, 3.05) is 6.61 Å². The fourth-order valence-electron chi connectivity index (χ4n) is 2.38. The zero-order valence-electron chi connectivity index (χ0n) is 12.1. The van der Waals surface area contributed by atoms with Crippen LogP contribution in [0.4, 0.5) is 0 Å². The smallest absolute Gasteiger partial charge is 0.128 e. The first kappa shape index (κ1) is 14.1. The van der Waals surface area contributed by atoms with Crippen LogP contribution < -0.4 is 4.74 Å². The second-order valence-electron chi connectivity index (χ2n) is 5.27. The molecule has 4 heteroatoms. The second kappa shape index (κ2) is 6.28. The van der Waals surface area contributed by atoms with Crippen molar-refractivity contribution in [3.63, 3.8) is 0 Å². The molecule has 2 aromatic rings. The summed E-state index contributed by atoms with van der Waals surface area (Å²) in [5.74, 6) is 1.49. The summed E-state index contributed by atoms with van der Waals surface area (Å²) in [7, 11) is 0. The molecule has 1 aromatic carbocycles. The highest BCUT2D eigenvalue weighted by molar-refractivity contribution is 7.12. The number of rotatable bonds is 6. The molecule has 0 amide bonds. The van der Waals surface area contributed by atoms with Crippen LogP contribution in [0.15, 0.2) is 24.3 Å². The van der Waals surface area contributed by atoms with Gasteiger partial charge in [-0.25, -0.2) is 4.98 Å². The largest absolute Gasteiger partial charge is 0.493 e. The summed E-state index contributed by atoms with van der Waals surface area (Å²) in [6, 6.07) is 10.4. The lowest BCUT2D eigenvalue weighted by Gasteiger charge is -2.09. The van der Waals surface area contributed by atoms with E-state index < -0.39 is 0 Å². The molecule has 21 heavy (non-hydrogen) atoms. The number of hydrogen-bond acceptors (Lipinski definition) is 4. The Kier molecular flexibility index (Phi) is 4.21. The Morgan fingerprint density at radius 1 is 1.38 bits per heavy atom. The van der Waals surface area contributed by atoms with Gasteiger partial charge in [0.05, 0.1) is 17.3 Å². The van der Waals surface area contributed by atoms with Gasteiger partial charge in [-0.2, -0.15) is 5.26 Å². The average Bonchev–Trinajstić information content (AvgIpc) is 3.28. The van der Waals surface area contributed by atoms with E-state index in [0.717, 1.165) is 34.2 Å². The molecule has 3 nitrogen and oxygen atoms in total. The highest BCUT2D eigenvalue weighted by Crippen LogP contribution is 2.42. The van der Waals surface area contributed by atoms with Gasteiger partial charge in [0.1, 0.15) is 16.7 Å². The van der Waals surface area contributed by atoms with Crippen LogP contribution in [0.2, 0.25) is 0 Å². The van der Waals surface area contributed by atoms with Crippen LogP contribution in [0.25, 0.3) is 0 Å². The van der Waals surface area contributed by atoms with Crippen molar-refractivity contribution in [3.8, 4) is 11.8 Å². The van der Waals surface area contributed by atoms with E-state index in [9.17, 15) is 0 Å². The third kappa shape index (κ3) is 3.25. The van der Waals surface area contributed by atoms with Crippen LogP contribution in [-0.4, -0.2) is 11.6 Å². The van der Waals surface area contributed by atoms with E-state index >= 15 is 0 Å². The van der Waals surface area contributed by atoms with E-state index in [0.29, 0.717) is 12.5 Å². The van der Waals surface area contributed by atoms with Crippen molar-refractivity contribution in [3.05, 3.63) is 45.4 Å².